The van der Waals surface area contributed by atoms with Crippen molar-refractivity contribution in [2.75, 3.05) is 5.73 Å². The third kappa shape index (κ3) is 2.01. The zero-order valence-electron chi connectivity index (χ0n) is 11.3. The van der Waals surface area contributed by atoms with Crippen molar-refractivity contribution >= 4 is 11.5 Å². The Morgan fingerprint density at radius 2 is 2.19 bits per heavy atom. The Labute approximate surface area is 120 Å². The average Bonchev–Trinajstić information content (AvgIpc) is 2.84. The van der Waals surface area contributed by atoms with Gasteiger partial charge in [0.05, 0.1) is 6.54 Å². The molecule has 0 aliphatic carbocycles. The quantitative estimate of drug-likeness (QED) is 0.765. The summed E-state index contributed by atoms with van der Waals surface area (Å²) in [4.78, 5) is 8.46. The molecule has 2 aromatic rings. The van der Waals surface area contributed by atoms with E-state index in [0.717, 1.165) is 0 Å². The number of nitrogens with two attached hydrogens (primary N) is 2. The molecule has 7 heteroatoms. The molecule has 0 bridgehead atoms. The molecular weight excluding hydrogens is 271 g/mol. The Morgan fingerprint density at radius 1 is 1.43 bits per heavy atom. The molecule has 0 spiro atoms. The van der Waals surface area contributed by atoms with Crippen LogP contribution in [0.25, 0.3) is 0 Å². The van der Waals surface area contributed by atoms with Crippen molar-refractivity contribution in [1.82, 2.24) is 9.55 Å². The standard InChI is InChI=1S/C14H13FN6/c1-14(10-4-8(17)2-3-11(10)15)7-21-6-9(5-16)19-13(21)12(18)20-14/h2-4,6H,7,17H2,1H3,(H2,18,20). The second kappa shape index (κ2) is 4.31. The zero-order valence-corrected chi connectivity index (χ0v) is 11.3. The van der Waals surface area contributed by atoms with Crippen LogP contribution in [0, 0.1) is 17.1 Å². The summed E-state index contributed by atoms with van der Waals surface area (Å²) in [7, 11) is 0. The van der Waals surface area contributed by atoms with E-state index in [1.807, 2.05) is 6.07 Å². The summed E-state index contributed by atoms with van der Waals surface area (Å²) in [6.45, 7) is 2.10. The van der Waals surface area contributed by atoms with Crippen molar-refractivity contribution < 1.29 is 4.39 Å². The molecule has 0 radical (unpaired) electrons. The largest absolute Gasteiger partial charge is 0.399 e. The predicted molar refractivity (Wildman–Crippen MR) is 75.8 cm³/mol. The van der Waals surface area contributed by atoms with E-state index < -0.39 is 11.4 Å². The molecule has 0 amide bonds. The fourth-order valence-corrected chi connectivity index (χ4v) is 2.58. The lowest BCUT2D eigenvalue weighted by atomic mass is 9.90. The van der Waals surface area contributed by atoms with Crippen LogP contribution in [0.15, 0.2) is 29.4 Å². The van der Waals surface area contributed by atoms with Gasteiger partial charge in [-0.25, -0.2) is 9.37 Å². The van der Waals surface area contributed by atoms with Crippen molar-refractivity contribution in [1.29, 1.82) is 5.26 Å². The van der Waals surface area contributed by atoms with Crippen LogP contribution in [0.1, 0.15) is 24.0 Å². The number of aromatic nitrogens is 2. The second-order valence-corrected chi connectivity index (χ2v) is 5.20. The summed E-state index contributed by atoms with van der Waals surface area (Å²) in [5.74, 6) is 0.202. The summed E-state index contributed by atoms with van der Waals surface area (Å²) >= 11 is 0. The normalized spacial score (nSPS) is 20.5. The van der Waals surface area contributed by atoms with Gasteiger partial charge in [-0.3, -0.25) is 4.99 Å². The van der Waals surface area contributed by atoms with Crippen LogP contribution in [0.5, 0.6) is 0 Å². The van der Waals surface area contributed by atoms with Crippen molar-refractivity contribution in [2.24, 2.45) is 10.7 Å². The Balaban J connectivity index is 2.14. The number of amidine groups is 1. The molecule has 21 heavy (non-hydrogen) atoms. The van der Waals surface area contributed by atoms with Gasteiger partial charge in [-0.2, -0.15) is 5.26 Å². The number of hydrogen-bond acceptors (Lipinski definition) is 5. The highest BCUT2D eigenvalue weighted by Gasteiger charge is 2.35. The molecule has 0 fully saturated rings. The van der Waals surface area contributed by atoms with Crippen LogP contribution in [0.3, 0.4) is 0 Å². The van der Waals surface area contributed by atoms with Crippen LogP contribution in [-0.4, -0.2) is 15.4 Å². The summed E-state index contributed by atoms with van der Waals surface area (Å²) < 4.78 is 15.8. The number of halogens is 1. The minimum absolute atomic E-state index is 0.173. The molecule has 4 N–H and O–H groups in total. The lowest BCUT2D eigenvalue weighted by Crippen LogP contribution is -2.37. The number of nitrogens with zero attached hydrogens (tertiary/aromatic N) is 4. The summed E-state index contributed by atoms with van der Waals surface area (Å²) in [5, 5.41) is 8.92. The fraction of sp³-hybridized carbons (Fsp3) is 0.214. The Kier molecular flexibility index (Phi) is 2.69. The number of benzene rings is 1. The molecule has 3 rings (SSSR count). The first-order valence-corrected chi connectivity index (χ1v) is 6.31. The van der Waals surface area contributed by atoms with Crippen molar-refractivity contribution in [3.8, 4) is 6.07 Å². The van der Waals surface area contributed by atoms with Crippen LogP contribution in [0.4, 0.5) is 10.1 Å². The van der Waals surface area contributed by atoms with E-state index in [0.29, 0.717) is 23.6 Å². The fourth-order valence-electron chi connectivity index (χ4n) is 2.58. The number of rotatable bonds is 1. The number of nitrogen functional groups attached to an aromatic ring is 1. The number of hydrogen-bond donors (Lipinski definition) is 2. The first kappa shape index (κ1) is 13.1. The molecule has 1 aliphatic heterocycles. The van der Waals surface area contributed by atoms with Crippen LogP contribution >= 0.6 is 0 Å². The van der Waals surface area contributed by atoms with E-state index in [1.165, 1.54) is 12.1 Å². The van der Waals surface area contributed by atoms with E-state index in [-0.39, 0.29) is 11.5 Å². The lowest BCUT2D eigenvalue weighted by Gasteiger charge is -2.31. The lowest BCUT2D eigenvalue weighted by molar-refractivity contribution is 0.383. The molecule has 1 aromatic heterocycles. The highest BCUT2D eigenvalue weighted by atomic mass is 19.1. The van der Waals surface area contributed by atoms with E-state index >= 15 is 0 Å². The molecule has 1 unspecified atom stereocenters. The third-order valence-corrected chi connectivity index (χ3v) is 3.54. The monoisotopic (exact) mass is 284 g/mol. The van der Waals surface area contributed by atoms with Crippen molar-refractivity contribution in [3.63, 3.8) is 0 Å². The maximum atomic E-state index is 14.1. The molecule has 106 valence electrons. The second-order valence-electron chi connectivity index (χ2n) is 5.20. The summed E-state index contributed by atoms with van der Waals surface area (Å²) in [6, 6.07) is 6.32. The number of nitriles is 1. The minimum atomic E-state index is -0.899. The molecule has 1 aliphatic rings. The number of imidazole rings is 1. The zero-order chi connectivity index (χ0) is 15.2. The van der Waals surface area contributed by atoms with E-state index in [1.54, 1.807) is 23.8 Å². The smallest absolute Gasteiger partial charge is 0.176 e. The van der Waals surface area contributed by atoms with E-state index in [2.05, 4.69) is 9.98 Å². The Hall–Kier alpha value is -2.88. The first-order chi connectivity index (χ1) is 9.93. The maximum Gasteiger partial charge on any atom is 0.176 e. The molecule has 2 heterocycles. The molecule has 1 aromatic carbocycles. The topological polar surface area (TPSA) is 106 Å². The van der Waals surface area contributed by atoms with E-state index in [4.69, 9.17) is 16.7 Å². The predicted octanol–water partition coefficient (Wildman–Crippen LogP) is 1.11. The van der Waals surface area contributed by atoms with Gasteiger partial charge in [0.1, 0.15) is 17.4 Å². The number of anilines is 1. The van der Waals surface area contributed by atoms with Gasteiger partial charge < -0.3 is 16.0 Å². The average molecular weight is 284 g/mol. The summed E-state index contributed by atoms with van der Waals surface area (Å²) in [5.41, 5.74) is 11.8. The molecule has 0 saturated carbocycles. The van der Waals surface area contributed by atoms with Crippen LogP contribution in [-0.2, 0) is 12.1 Å². The number of aliphatic imine (C=N–C) groups is 1. The van der Waals surface area contributed by atoms with Crippen LogP contribution < -0.4 is 11.5 Å². The van der Waals surface area contributed by atoms with Gasteiger partial charge in [-0.1, -0.05) is 0 Å². The molecule has 1 atom stereocenters. The summed E-state index contributed by atoms with van der Waals surface area (Å²) in [6.07, 6.45) is 1.58. The van der Waals surface area contributed by atoms with Gasteiger partial charge in [0.2, 0.25) is 0 Å². The maximum absolute atomic E-state index is 14.1. The van der Waals surface area contributed by atoms with Gasteiger partial charge in [-0.05, 0) is 25.1 Å². The third-order valence-electron chi connectivity index (χ3n) is 3.54. The van der Waals surface area contributed by atoms with Gasteiger partial charge >= 0.3 is 0 Å². The highest BCUT2D eigenvalue weighted by Crippen LogP contribution is 2.34. The highest BCUT2D eigenvalue weighted by molar-refractivity contribution is 5.95. The van der Waals surface area contributed by atoms with Gasteiger partial charge in [0.25, 0.3) is 0 Å². The van der Waals surface area contributed by atoms with Gasteiger partial charge in [0, 0.05) is 17.4 Å². The van der Waals surface area contributed by atoms with E-state index in [9.17, 15) is 4.39 Å². The van der Waals surface area contributed by atoms with Crippen molar-refractivity contribution in [2.45, 2.75) is 19.0 Å². The Bertz CT molecular complexity index is 800. The SMILES string of the molecule is CC1(c2cc(N)ccc2F)Cn2cc(C#N)nc2C(N)=N1. The van der Waals surface area contributed by atoms with Gasteiger partial charge in [0.15, 0.2) is 17.4 Å². The molecular formula is C14H13FN6. The first-order valence-electron chi connectivity index (χ1n) is 6.31. The van der Waals surface area contributed by atoms with Crippen LogP contribution in [0.2, 0.25) is 0 Å². The van der Waals surface area contributed by atoms with Gasteiger partial charge in [-0.15, -0.1) is 0 Å². The number of fused-ring (bicyclic) bond motifs is 1. The minimum Gasteiger partial charge on any atom is -0.399 e. The molecule has 0 saturated heterocycles. The van der Waals surface area contributed by atoms with Crippen molar-refractivity contribution in [3.05, 3.63) is 47.3 Å². The molecule has 6 nitrogen and oxygen atoms in total. The Morgan fingerprint density at radius 3 is 2.90 bits per heavy atom.